The lowest BCUT2D eigenvalue weighted by Gasteiger charge is -2.19. The summed E-state index contributed by atoms with van der Waals surface area (Å²) in [5, 5.41) is 4.26. The van der Waals surface area contributed by atoms with E-state index >= 15 is 0 Å². The van der Waals surface area contributed by atoms with Crippen LogP contribution in [-0.2, 0) is 22.7 Å². The second-order valence-electron chi connectivity index (χ2n) is 6.81. The maximum absolute atomic E-state index is 12.8. The molecule has 3 aromatic rings. The predicted octanol–water partition coefficient (Wildman–Crippen LogP) is 2.61. The van der Waals surface area contributed by atoms with Gasteiger partial charge < -0.3 is 11.5 Å². The van der Waals surface area contributed by atoms with E-state index in [2.05, 4.69) is 5.10 Å². The summed E-state index contributed by atoms with van der Waals surface area (Å²) in [6, 6.07) is 9.40. The van der Waals surface area contributed by atoms with Crippen LogP contribution in [0.2, 0.25) is 0 Å². The molecule has 1 aromatic heterocycles. The van der Waals surface area contributed by atoms with Crippen molar-refractivity contribution in [3.05, 3.63) is 59.3 Å². The molecule has 30 heavy (non-hydrogen) atoms. The molecule has 0 spiro atoms. The molecule has 4 rings (SSSR count). The lowest BCUT2D eigenvalue weighted by molar-refractivity contribution is -0.0436. The van der Waals surface area contributed by atoms with Crippen molar-refractivity contribution in [2.24, 2.45) is 5.73 Å². The zero-order chi connectivity index (χ0) is 21.8. The summed E-state index contributed by atoms with van der Waals surface area (Å²) in [6.07, 6.45) is 1.13. The Morgan fingerprint density at radius 3 is 2.33 bits per heavy atom. The van der Waals surface area contributed by atoms with E-state index in [9.17, 15) is 26.4 Å². The van der Waals surface area contributed by atoms with Gasteiger partial charge in [-0.2, -0.15) is 18.3 Å². The van der Waals surface area contributed by atoms with Crippen molar-refractivity contribution in [2.75, 3.05) is 5.73 Å². The Hall–Kier alpha value is -3.34. The van der Waals surface area contributed by atoms with Crippen molar-refractivity contribution in [1.29, 1.82) is 0 Å². The number of halogens is 3. The van der Waals surface area contributed by atoms with Gasteiger partial charge in [-0.05, 0) is 54.8 Å². The predicted molar refractivity (Wildman–Crippen MR) is 103 cm³/mol. The Kier molecular flexibility index (Phi) is 4.38. The van der Waals surface area contributed by atoms with Crippen LogP contribution in [0.3, 0.4) is 0 Å². The average Bonchev–Trinajstić information content (AvgIpc) is 3.07. The highest BCUT2D eigenvalue weighted by atomic mass is 32.2. The largest absolute Gasteiger partial charge is 0.501 e. The zero-order valence-corrected chi connectivity index (χ0v) is 16.1. The minimum Gasteiger partial charge on any atom is -0.399 e. The number of anilines is 1. The minimum atomic E-state index is -5.48. The van der Waals surface area contributed by atoms with E-state index in [4.69, 9.17) is 11.5 Å². The van der Waals surface area contributed by atoms with E-state index in [-0.39, 0.29) is 11.4 Å². The van der Waals surface area contributed by atoms with Gasteiger partial charge in [0.05, 0.1) is 16.3 Å². The van der Waals surface area contributed by atoms with Crippen molar-refractivity contribution in [2.45, 2.75) is 23.2 Å². The number of carbonyl (C=O) groups excluding carboxylic acids is 1. The van der Waals surface area contributed by atoms with Crippen LogP contribution in [-0.4, -0.2) is 29.6 Å². The summed E-state index contributed by atoms with van der Waals surface area (Å²) in [5.74, 6) is -0.742. The first-order chi connectivity index (χ1) is 14.0. The number of benzene rings is 2. The molecule has 0 saturated carbocycles. The molecule has 1 heterocycles. The molecule has 0 unspecified atom stereocenters. The van der Waals surface area contributed by atoms with Crippen LogP contribution in [0.5, 0.6) is 0 Å². The summed E-state index contributed by atoms with van der Waals surface area (Å²) in [4.78, 5) is 11.0. The van der Waals surface area contributed by atoms with Gasteiger partial charge in [0.1, 0.15) is 0 Å². The highest BCUT2D eigenvalue weighted by Gasteiger charge is 2.46. The molecule has 11 heteroatoms. The van der Waals surface area contributed by atoms with Crippen molar-refractivity contribution in [3.63, 3.8) is 0 Å². The molecule has 4 N–H and O–H groups in total. The highest BCUT2D eigenvalue weighted by molar-refractivity contribution is 7.92. The normalized spacial score (nSPS) is 13.6. The standard InChI is InChI=1S/C19H15F3N4O3S/c20-19(21,22)30(28,29)13-6-4-12(5-7-13)26-17-14(16(25-26)18(24)27)8-2-10-1-3-11(23)9-15(10)17/h1,3-7,9H,2,8,23H2,(H2,24,27). The van der Waals surface area contributed by atoms with E-state index in [1.54, 1.807) is 12.1 Å². The number of aromatic nitrogens is 2. The van der Waals surface area contributed by atoms with Gasteiger partial charge >= 0.3 is 5.51 Å². The monoisotopic (exact) mass is 436 g/mol. The molecule has 1 amide bonds. The zero-order valence-electron chi connectivity index (χ0n) is 15.3. The van der Waals surface area contributed by atoms with Gasteiger partial charge in [-0.25, -0.2) is 13.1 Å². The van der Waals surface area contributed by atoms with Crippen LogP contribution in [0.25, 0.3) is 16.9 Å². The Labute approximate surface area is 169 Å². The van der Waals surface area contributed by atoms with Crippen molar-refractivity contribution < 1.29 is 26.4 Å². The first kappa shape index (κ1) is 20.0. The molecule has 2 aromatic carbocycles. The van der Waals surface area contributed by atoms with Crippen LogP contribution in [0, 0.1) is 0 Å². The number of alkyl halides is 3. The van der Waals surface area contributed by atoms with Gasteiger partial charge in [0.25, 0.3) is 15.7 Å². The van der Waals surface area contributed by atoms with E-state index < -0.39 is 26.1 Å². The van der Waals surface area contributed by atoms with Gasteiger partial charge in [-0.3, -0.25) is 4.79 Å². The maximum atomic E-state index is 12.8. The number of primary amides is 1. The molecule has 0 fully saturated rings. The van der Waals surface area contributed by atoms with E-state index in [0.717, 1.165) is 23.3 Å². The molecule has 0 aliphatic heterocycles. The Bertz CT molecular complexity index is 1280. The van der Waals surface area contributed by atoms with E-state index in [1.165, 1.54) is 16.8 Å². The number of carbonyl (C=O) groups is 1. The number of rotatable bonds is 3. The van der Waals surface area contributed by atoms with Gasteiger partial charge in [0.2, 0.25) is 0 Å². The molecule has 0 atom stereocenters. The van der Waals surface area contributed by atoms with Crippen LogP contribution in [0.1, 0.15) is 21.6 Å². The quantitative estimate of drug-likeness (QED) is 0.612. The molecular formula is C19H15F3N4O3S. The van der Waals surface area contributed by atoms with Gasteiger partial charge in [0, 0.05) is 16.8 Å². The fourth-order valence-corrected chi connectivity index (χ4v) is 4.30. The third-order valence-corrected chi connectivity index (χ3v) is 6.45. The second-order valence-corrected chi connectivity index (χ2v) is 8.75. The summed E-state index contributed by atoms with van der Waals surface area (Å²) < 4.78 is 63.0. The fraction of sp³-hybridized carbons (Fsp3) is 0.158. The molecule has 156 valence electrons. The van der Waals surface area contributed by atoms with Crippen LogP contribution in [0.4, 0.5) is 18.9 Å². The van der Waals surface area contributed by atoms with Crippen molar-refractivity contribution >= 4 is 21.4 Å². The smallest absolute Gasteiger partial charge is 0.399 e. The van der Waals surface area contributed by atoms with Gasteiger partial charge in [0.15, 0.2) is 5.69 Å². The lowest BCUT2D eigenvalue weighted by Crippen LogP contribution is -2.23. The molecule has 0 radical (unpaired) electrons. The summed E-state index contributed by atoms with van der Waals surface area (Å²) in [6.45, 7) is 0. The highest BCUT2D eigenvalue weighted by Crippen LogP contribution is 2.38. The van der Waals surface area contributed by atoms with Crippen LogP contribution in [0.15, 0.2) is 47.4 Å². The molecule has 0 bridgehead atoms. The van der Waals surface area contributed by atoms with E-state index in [0.29, 0.717) is 29.8 Å². The topological polar surface area (TPSA) is 121 Å². The molecule has 0 saturated heterocycles. The van der Waals surface area contributed by atoms with E-state index in [1.807, 2.05) is 6.07 Å². The number of nitrogens with zero attached hydrogens (tertiary/aromatic N) is 2. The average molecular weight is 436 g/mol. The van der Waals surface area contributed by atoms with Crippen molar-refractivity contribution in [1.82, 2.24) is 9.78 Å². The number of amides is 1. The fourth-order valence-electron chi connectivity index (χ4n) is 3.54. The lowest BCUT2D eigenvalue weighted by atomic mass is 9.88. The van der Waals surface area contributed by atoms with Gasteiger partial charge in [-0.15, -0.1) is 0 Å². The number of nitrogen functional groups attached to an aromatic ring is 1. The number of nitrogens with two attached hydrogens (primary N) is 2. The number of sulfone groups is 1. The van der Waals surface area contributed by atoms with Crippen LogP contribution < -0.4 is 11.5 Å². The Morgan fingerprint density at radius 1 is 1.07 bits per heavy atom. The minimum absolute atomic E-state index is 0.0464. The first-order valence-electron chi connectivity index (χ1n) is 8.73. The third-order valence-electron chi connectivity index (χ3n) is 4.95. The molecule has 1 aliphatic carbocycles. The Balaban J connectivity index is 1.90. The molecule has 7 nitrogen and oxygen atoms in total. The SMILES string of the molecule is NC(=O)c1nn(-c2ccc(S(=O)(=O)C(F)(F)F)cc2)c2c1CCc1ccc(N)cc1-2. The van der Waals surface area contributed by atoms with Crippen LogP contribution >= 0.6 is 0 Å². The summed E-state index contributed by atoms with van der Waals surface area (Å²) in [5.41, 5.74) is 9.61. The number of fused-ring (bicyclic) bond motifs is 3. The summed E-state index contributed by atoms with van der Waals surface area (Å²) in [7, 11) is -5.48. The van der Waals surface area contributed by atoms with Gasteiger partial charge in [-0.1, -0.05) is 6.07 Å². The first-order valence-corrected chi connectivity index (χ1v) is 10.2. The maximum Gasteiger partial charge on any atom is 0.501 e. The summed E-state index contributed by atoms with van der Waals surface area (Å²) >= 11 is 0. The number of hydrogen-bond acceptors (Lipinski definition) is 5. The molecular weight excluding hydrogens is 421 g/mol. The molecule has 1 aliphatic rings. The number of hydrogen-bond donors (Lipinski definition) is 2. The second kappa shape index (κ2) is 6.59. The Morgan fingerprint density at radius 2 is 1.73 bits per heavy atom. The van der Waals surface area contributed by atoms with Crippen molar-refractivity contribution in [3.8, 4) is 16.9 Å². The number of aryl methyl sites for hydroxylation is 1. The third kappa shape index (κ3) is 3.02.